The van der Waals surface area contributed by atoms with E-state index in [-0.39, 0.29) is 11.8 Å². The van der Waals surface area contributed by atoms with Gasteiger partial charge in [-0.05, 0) is 37.8 Å². The summed E-state index contributed by atoms with van der Waals surface area (Å²) in [6.45, 7) is 6.83. The quantitative estimate of drug-likeness (QED) is 0.856. The molecule has 1 aromatic carbocycles. The van der Waals surface area contributed by atoms with Crippen molar-refractivity contribution in [1.82, 2.24) is 9.80 Å². The molecule has 1 aliphatic carbocycles. The van der Waals surface area contributed by atoms with Crippen LogP contribution in [0.5, 0.6) is 0 Å². The number of aryl methyl sites for hydroxylation is 2. The van der Waals surface area contributed by atoms with Gasteiger partial charge in [0.2, 0.25) is 11.8 Å². The largest absolute Gasteiger partial charge is 0.339 e. The maximum absolute atomic E-state index is 12.6. The van der Waals surface area contributed by atoms with Crippen LogP contribution in [-0.2, 0) is 16.0 Å². The van der Waals surface area contributed by atoms with Crippen LogP contribution in [0.25, 0.3) is 0 Å². The number of carbonyl (C=O) groups excluding carboxylic acids is 2. The summed E-state index contributed by atoms with van der Waals surface area (Å²) in [6, 6.07) is 6.26. The second-order valence-corrected chi connectivity index (χ2v) is 7.29. The molecule has 2 aliphatic rings. The Kier molecular flexibility index (Phi) is 5.22. The van der Waals surface area contributed by atoms with E-state index < -0.39 is 0 Å². The lowest BCUT2D eigenvalue weighted by Gasteiger charge is -2.36. The number of nitrogens with zero attached hydrogens (tertiary/aromatic N) is 2. The molecule has 1 saturated carbocycles. The lowest BCUT2D eigenvalue weighted by atomic mass is 10.0. The Morgan fingerprint density at radius 3 is 2.29 bits per heavy atom. The van der Waals surface area contributed by atoms with Crippen molar-refractivity contribution in [2.24, 2.45) is 5.92 Å². The first-order valence-corrected chi connectivity index (χ1v) is 9.17. The van der Waals surface area contributed by atoms with Crippen molar-refractivity contribution >= 4 is 11.8 Å². The van der Waals surface area contributed by atoms with E-state index in [0.717, 1.165) is 18.4 Å². The SMILES string of the molecule is Cc1ccc(C)c(CC(=O)N2CCN(C(=O)C3CCCC3)CC2)c1. The predicted molar refractivity (Wildman–Crippen MR) is 94.7 cm³/mol. The number of amides is 2. The summed E-state index contributed by atoms with van der Waals surface area (Å²) in [6.07, 6.45) is 4.93. The fourth-order valence-electron chi connectivity index (χ4n) is 3.87. The molecule has 130 valence electrons. The summed E-state index contributed by atoms with van der Waals surface area (Å²) < 4.78 is 0. The smallest absolute Gasteiger partial charge is 0.227 e. The van der Waals surface area contributed by atoms with E-state index in [4.69, 9.17) is 0 Å². The molecule has 4 nitrogen and oxygen atoms in total. The van der Waals surface area contributed by atoms with Crippen molar-refractivity contribution in [3.05, 3.63) is 34.9 Å². The van der Waals surface area contributed by atoms with Gasteiger partial charge in [0.05, 0.1) is 6.42 Å². The number of piperazine rings is 1. The second kappa shape index (κ2) is 7.37. The van der Waals surface area contributed by atoms with Gasteiger partial charge in [0.1, 0.15) is 0 Å². The summed E-state index contributed by atoms with van der Waals surface area (Å²) in [5.41, 5.74) is 3.48. The molecule has 0 radical (unpaired) electrons. The summed E-state index contributed by atoms with van der Waals surface area (Å²) in [5.74, 6) is 0.730. The zero-order chi connectivity index (χ0) is 17.1. The second-order valence-electron chi connectivity index (χ2n) is 7.29. The number of benzene rings is 1. The Balaban J connectivity index is 1.53. The fraction of sp³-hybridized carbons (Fsp3) is 0.600. The van der Waals surface area contributed by atoms with Crippen molar-refractivity contribution < 1.29 is 9.59 Å². The van der Waals surface area contributed by atoms with Gasteiger partial charge in [-0.15, -0.1) is 0 Å². The molecule has 0 spiro atoms. The fourth-order valence-corrected chi connectivity index (χ4v) is 3.87. The van der Waals surface area contributed by atoms with Gasteiger partial charge >= 0.3 is 0 Å². The summed E-state index contributed by atoms with van der Waals surface area (Å²) in [7, 11) is 0. The zero-order valence-electron chi connectivity index (χ0n) is 14.9. The van der Waals surface area contributed by atoms with Gasteiger partial charge in [-0.2, -0.15) is 0 Å². The maximum Gasteiger partial charge on any atom is 0.227 e. The van der Waals surface area contributed by atoms with Crippen molar-refractivity contribution in [2.45, 2.75) is 46.0 Å². The van der Waals surface area contributed by atoms with Crippen LogP contribution >= 0.6 is 0 Å². The van der Waals surface area contributed by atoms with Gasteiger partial charge in [-0.25, -0.2) is 0 Å². The third-order valence-corrected chi connectivity index (χ3v) is 5.49. The molecule has 4 heteroatoms. The Labute approximate surface area is 144 Å². The molecule has 24 heavy (non-hydrogen) atoms. The first-order valence-electron chi connectivity index (χ1n) is 9.17. The van der Waals surface area contributed by atoms with Crippen LogP contribution in [0.2, 0.25) is 0 Å². The van der Waals surface area contributed by atoms with Gasteiger partial charge in [-0.1, -0.05) is 36.6 Å². The van der Waals surface area contributed by atoms with Gasteiger partial charge in [0, 0.05) is 32.1 Å². The van der Waals surface area contributed by atoms with E-state index in [1.54, 1.807) is 0 Å². The molecule has 1 aliphatic heterocycles. The maximum atomic E-state index is 12.6. The predicted octanol–water partition coefficient (Wildman–Crippen LogP) is 2.71. The van der Waals surface area contributed by atoms with E-state index in [9.17, 15) is 9.59 Å². The van der Waals surface area contributed by atoms with E-state index in [0.29, 0.717) is 38.5 Å². The molecular weight excluding hydrogens is 300 g/mol. The van der Waals surface area contributed by atoms with Gasteiger partial charge in [0.15, 0.2) is 0 Å². The molecule has 2 amide bonds. The lowest BCUT2D eigenvalue weighted by Crippen LogP contribution is -2.52. The molecule has 1 heterocycles. The Bertz CT molecular complexity index is 612. The lowest BCUT2D eigenvalue weighted by molar-refractivity contribution is -0.141. The van der Waals surface area contributed by atoms with Crippen LogP contribution < -0.4 is 0 Å². The highest BCUT2D eigenvalue weighted by molar-refractivity contribution is 5.81. The Hall–Kier alpha value is -1.84. The number of carbonyl (C=O) groups is 2. The molecule has 1 aromatic rings. The molecule has 0 aromatic heterocycles. The number of rotatable bonds is 3. The van der Waals surface area contributed by atoms with Crippen LogP contribution in [0.3, 0.4) is 0 Å². The first kappa shape index (κ1) is 17.0. The van der Waals surface area contributed by atoms with Crippen molar-refractivity contribution in [3.8, 4) is 0 Å². The monoisotopic (exact) mass is 328 g/mol. The summed E-state index contributed by atoms with van der Waals surface area (Å²) in [4.78, 5) is 28.9. The standard InChI is InChI=1S/C20H28N2O2/c1-15-7-8-16(2)18(13-15)14-19(23)21-9-11-22(12-10-21)20(24)17-5-3-4-6-17/h7-8,13,17H,3-6,9-12,14H2,1-2H3. The molecule has 3 rings (SSSR count). The minimum Gasteiger partial charge on any atom is -0.339 e. The van der Waals surface area contributed by atoms with Gasteiger partial charge in [0.25, 0.3) is 0 Å². The van der Waals surface area contributed by atoms with Crippen molar-refractivity contribution in [3.63, 3.8) is 0 Å². The topological polar surface area (TPSA) is 40.6 Å². The Morgan fingerprint density at radius 1 is 1.00 bits per heavy atom. The minimum absolute atomic E-state index is 0.177. The third-order valence-electron chi connectivity index (χ3n) is 5.49. The van der Waals surface area contributed by atoms with E-state index in [2.05, 4.69) is 32.0 Å². The normalized spacial score (nSPS) is 18.9. The zero-order valence-corrected chi connectivity index (χ0v) is 14.9. The van der Waals surface area contributed by atoms with Gasteiger partial charge in [-0.3, -0.25) is 9.59 Å². The molecule has 0 N–H and O–H groups in total. The van der Waals surface area contributed by atoms with Crippen molar-refractivity contribution in [2.75, 3.05) is 26.2 Å². The van der Waals surface area contributed by atoms with Gasteiger partial charge < -0.3 is 9.80 Å². The molecule has 1 saturated heterocycles. The number of hydrogen-bond donors (Lipinski definition) is 0. The number of hydrogen-bond acceptors (Lipinski definition) is 2. The molecule has 2 fully saturated rings. The first-order chi connectivity index (χ1) is 11.5. The van der Waals surface area contributed by atoms with Crippen LogP contribution in [0.4, 0.5) is 0 Å². The van der Waals surface area contributed by atoms with E-state index in [1.165, 1.54) is 24.0 Å². The highest BCUT2D eigenvalue weighted by atomic mass is 16.2. The highest BCUT2D eigenvalue weighted by Crippen LogP contribution is 2.27. The highest BCUT2D eigenvalue weighted by Gasteiger charge is 2.30. The third kappa shape index (κ3) is 3.80. The van der Waals surface area contributed by atoms with Crippen LogP contribution in [0.1, 0.15) is 42.4 Å². The van der Waals surface area contributed by atoms with Crippen LogP contribution in [0, 0.1) is 19.8 Å². The van der Waals surface area contributed by atoms with Crippen molar-refractivity contribution in [1.29, 1.82) is 0 Å². The Morgan fingerprint density at radius 2 is 1.62 bits per heavy atom. The minimum atomic E-state index is 0.177. The van der Waals surface area contributed by atoms with E-state index >= 15 is 0 Å². The molecular formula is C20H28N2O2. The summed E-state index contributed by atoms with van der Waals surface area (Å²) in [5, 5.41) is 0. The van der Waals surface area contributed by atoms with Crippen LogP contribution in [-0.4, -0.2) is 47.8 Å². The average Bonchev–Trinajstić information content (AvgIpc) is 3.12. The van der Waals surface area contributed by atoms with Crippen LogP contribution in [0.15, 0.2) is 18.2 Å². The summed E-state index contributed by atoms with van der Waals surface area (Å²) >= 11 is 0. The molecule has 0 atom stereocenters. The molecule has 0 bridgehead atoms. The molecule has 0 unspecified atom stereocenters. The average molecular weight is 328 g/mol. The van der Waals surface area contributed by atoms with E-state index in [1.807, 2.05) is 9.80 Å².